The Hall–Kier alpha value is -1.11. The number of ether oxygens (including phenoxy) is 2. The van der Waals surface area contributed by atoms with E-state index in [1.807, 2.05) is 0 Å². The van der Waals surface area contributed by atoms with Crippen molar-refractivity contribution >= 4 is 31.9 Å². The lowest BCUT2D eigenvalue weighted by atomic mass is 9.99. The van der Waals surface area contributed by atoms with E-state index in [1.165, 1.54) is 6.07 Å². The lowest BCUT2D eigenvalue weighted by Gasteiger charge is -2.17. The highest BCUT2D eigenvalue weighted by molar-refractivity contribution is 9.10. The topological polar surface area (TPSA) is 44.5 Å². The molecule has 21 heavy (non-hydrogen) atoms. The molecule has 0 saturated carbocycles. The fourth-order valence-corrected chi connectivity index (χ4v) is 2.81. The zero-order valence-corrected chi connectivity index (χ0v) is 14.7. The molecule has 0 aliphatic heterocycles. The van der Waals surface area contributed by atoms with E-state index in [-0.39, 0.29) is 5.82 Å². The Morgan fingerprint density at radius 1 is 1.00 bits per heavy atom. The maximum Gasteiger partial charge on any atom is 0.161 e. The third kappa shape index (κ3) is 3.39. The van der Waals surface area contributed by atoms with Crippen LogP contribution in [0.4, 0.5) is 4.39 Å². The number of benzene rings is 2. The van der Waals surface area contributed by atoms with Crippen LogP contribution in [0.5, 0.6) is 11.5 Å². The summed E-state index contributed by atoms with van der Waals surface area (Å²) in [5.41, 5.74) is 7.70. The molecule has 2 aromatic rings. The van der Waals surface area contributed by atoms with Gasteiger partial charge in [-0.15, -0.1) is 0 Å². The minimum Gasteiger partial charge on any atom is -0.493 e. The molecule has 0 heterocycles. The molecule has 0 aromatic heterocycles. The highest BCUT2D eigenvalue weighted by atomic mass is 79.9. The predicted octanol–water partition coefficient (Wildman–Crippen LogP) is 4.42. The van der Waals surface area contributed by atoms with Crippen molar-refractivity contribution in [3.8, 4) is 11.5 Å². The fraction of sp³-hybridized carbons (Fsp3) is 0.200. The van der Waals surface area contributed by atoms with Crippen LogP contribution < -0.4 is 15.2 Å². The van der Waals surface area contributed by atoms with Gasteiger partial charge in [0, 0.05) is 4.47 Å². The second-order valence-corrected chi connectivity index (χ2v) is 6.09. The zero-order valence-electron chi connectivity index (χ0n) is 11.5. The van der Waals surface area contributed by atoms with Gasteiger partial charge in [0.05, 0.1) is 24.7 Å². The summed E-state index contributed by atoms with van der Waals surface area (Å²) in [6.45, 7) is 0. The fourth-order valence-electron chi connectivity index (χ4n) is 1.99. The van der Waals surface area contributed by atoms with Crippen LogP contribution in [0, 0.1) is 5.82 Å². The monoisotopic (exact) mass is 417 g/mol. The van der Waals surface area contributed by atoms with Crippen LogP contribution in [0.3, 0.4) is 0 Å². The van der Waals surface area contributed by atoms with Crippen molar-refractivity contribution in [1.29, 1.82) is 0 Å². The molecule has 1 unspecified atom stereocenters. The zero-order chi connectivity index (χ0) is 15.6. The molecule has 0 fully saturated rings. The third-order valence-electron chi connectivity index (χ3n) is 3.14. The summed E-state index contributed by atoms with van der Waals surface area (Å²) in [6.07, 6.45) is 0. The quantitative estimate of drug-likeness (QED) is 0.799. The summed E-state index contributed by atoms with van der Waals surface area (Å²) < 4.78 is 25.4. The number of nitrogens with two attached hydrogens (primary N) is 1. The predicted molar refractivity (Wildman–Crippen MR) is 87.4 cm³/mol. The van der Waals surface area contributed by atoms with Gasteiger partial charge in [-0.1, -0.05) is 22.0 Å². The molecule has 0 spiro atoms. The first-order valence-electron chi connectivity index (χ1n) is 6.10. The smallest absolute Gasteiger partial charge is 0.161 e. The molecule has 0 saturated heterocycles. The SMILES string of the molecule is COc1cc(Br)c(C(N)c2ccc(Br)c(F)c2)cc1OC. The molecule has 112 valence electrons. The van der Waals surface area contributed by atoms with E-state index in [1.54, 1.807) is 38.5 Å². The maximum atomic E-state index is 13.7. The van der Waals surface area contributed by atoms with Gasteiger partial charge in [-0.05, 0) is 51.3 Å². The number of rotatable bonds is 4. The first-order chi connectivity index (χ1) is 9.97. The van der Waals surface area contributed by atoms with Crippen molar-refractivity contribution in [3.05, 3.63) is 56.2 Å². The van der Waals surface area contributed by atoms with Gasteiger partial charge in [-0.2, -0.15) is 0 Å². The van der Waals surface area contributed by atoms with E-state index in [0.717, 1.165) is 10.0 Å². The van der Waals surface area contributed by atoms with Crippen LogP contribution in [-0.4, -0.2) is 14.2 Å². The summed E-state index contributed by atoms with van der Waals surface area (Å²) in [4.78, 5) is 0. The number of halogens is 3. The molecule has 0 aliphatic rings. The first-order valence-corrected chi connectivity index (χ1v) is 7.68. The van der Waals surface area contributed by atoms with Gasteiger partial charge in [0.15, 0.2) is 11.5 Å². The summed E-state index contributed by atoms with van der Waals surface area (Å²) >= 11 is 6.59. The van der Waals surface area contributed by atoms with E-state index < -0.39 is 6.04 Å². The molecular formula is C15H14Br2FNO2. The van der Waals surface area contributed by atoms with Crippen LogP contribution in [0.15, 0.2) is 39.3 Å². The molecule has 3 nitrogen and oxygen atoms in total. The molecule has 0 aliphatic carbocycles. The summed E-state index contributed by atoms with van der Waals surface area (Å²) in [5.74, 6) is 0.825. The van der Waals surface area contributed by atoms with Gasteiger partial charge in [-0.3, -0.25) is 0 Å². The molecule has 6 heteroatoms. The number of hydrogen-bond donors (Lipinski definition) is 1. The van der Waals surface area contributed by atoms with Gasteiger partial charge in [0.1, 0.15) is 5.82 Å². The largest absolute Gasteiger partial charge is 0.493 e. The molecule has 2 aromatic carbocycles. The Balaban J connectivity index is 2.47. The van der Waals surface area contributed by atoms with Gasteiger partial charge in [-0.25, -0.2) is 4.39 Å². The van der Waals surface area contributed by atoms with E-state index in [0.29, 0.717) is 21.5 Å². The van der Waals surface area contributed by atoms with Crippen molar-refractivity contribution in [2.45, 2.75) is 6.04 Å². The molecule has 0 bridgehead atoms. The van der Waals surface area contributed by atoms with Crippen molar-refractivity contribution in [1.82, 2.24) is 0 Å². The average molecular weight is 419 g/mol. The maximum absolute atomic E-state index is 13.7. The van der Waals surface area contributed by atoms with Crippen LogP contribution in [0.25, 0.3) is 0 Å². The Bertz CT molecular complexity index is 664. The van der Waals surface area contributed by atoms with Crippen molar-refractivity contribution < 1.29 is 13.9 Å². The molecular weight excluding hydrogens is 405 g/mol. The molecule has 2 rings (SSSR count). The van der Waals surface area contributed by atoms with Crippen molar-refractivity contribution in [2.75, 3.05) is 14.2 Å². The average Bonchev–Trinajstić information content (AvgIpc) is 2.49. The lowest BCUT2D eigenvalue weighted by molar-refractivity contribution is 0.354. The first kappa shape index (κ1) is 16.3. The van der Waals surface area contributed by atoms with Crippen LogP contribution in [0.2, 0.25) is 0 Å². The molecule has 2 N–H and O–H groups in total. The minimum atomic E-state index is -0.484. The standard InChI is InChI=1S/C15H14Br2FNO2/c1-20-13-6-9(11(17)7-14(13)21-2)15(19)8-3-4-10(16)12(18)5-8/h3-7,15H,19H2,1-2H3. The summed E-state index contributed by atoms with van der Waals surface area (Å²) in [6, 6.07) is 7.91. The Labute approximate surface area is 139 Å². The van der Waals surface area contributed by atoms with Gasteiger partial charge >= 0.3 is 0 Å². The highest BCUT2D eigenvalue weighted by Crippen LogP contribution is 2.37. The molecule has 1 atom stereocenters. The van der Waals surface area contributed by atoms with E-state index in [9.17, 15) is 4.39 Å². The van der Waals surface area contributed by atoms with Crippen LogP contribution in [-0.2, 0) is 0 Å². The van der Waals surface area contributed by atoms with E-state index >= 15 is 0 Å². The normalized spacial score (nSPS) is 12.1. The number of methoxy groups -OCH3 is 2. The van der Waals surface area contributed by atoms with Crippen molar-refractivity contribution in [3.63, 3.8) is 0 Å². The Morgan fingerprint density at radius 2 is 1.62 bits per heavy atom. The summed E-state index contributed by atoms with van der Waals surface area (Å²) in [5, 5.41) is 0. The molecule has 0 amide bonds. The van der Waals surface area contributed by atoms with E-state index in [4.69, 9.17) is 15.2 Å². The minimum absolute atomic E-state index is 0.348. The van der Waals surface area contributed by atoms with Gasteiger partial charge < -0.3 is 15.2 Å². The Morgan fingerprint density at radius 3 is 2.19 bits per heavy atom. The second kappa shape index (κ2) is 6.77. The van der Waals surface area contributed by atoms with E-state index in [2.05, 4.69) is 31.9 Å². The number of hydrogen-bond acceptors (Lipinski definition) is 3. The summed E-state index contributed by atoms with van der Waals surface area (Å²) in [7, 11) is 3.12. The third-order valence-corrected chi connectivity index (χ3v) is 4.47. The Kier molecular flexibility index (Phi) is 5.24. The van der Waals surface area contributed by atoms with Crippen molar-refractivity contribution in [2.24, 2.45) is 5.73 Å². The molecule has 0 radical (unpaired) electrons. The van der Waals surface area contributed by atoms with Gasteiger partial charge in [0.25, 0.3) is 0 Å². The van der Waals surface area contributed by atoms with Crippen LogP contribution >= 0.6 is 31.9 Å². The highest BCUT2D eigenvalue weighted by Gasteiger charge is 2.17. The van der Waals surface area contributed by atoms with Crippen LogP contribution in [0.1, 0.15) is 17.2 Å². The van der Waals surface area contributed by atoms with Gasteiger partial charge in [0.2, 0.25) is 0 Å². The lowest BCUT2D eigenvalue weighted by Crippen LogP contribution is -2.13. The second-order valence-electron chi connectivity index (χ2n) is 4.38.